The fraction of sp³-hybridized carbons (Fsp3) is 0.148. The van der Waals surface area contributed by atoms with Gasteiger partial charge in [0.1, 0.15) is 0 Å². The smallest absolute Gasteiger partial charge is 0.260 e. The van der Waals surface area contributed by atoms with Gasteiger partial charge in [0.15, 0.2) is 5.13 Å². The van der Waals surface area contributed by atoms with E-state index in [1.165, 1.54) is 23.8 Å². The number of hydrogen-bond acceptors (Lipinski definition) is 4. The van der Waals surface area contributed by atoms with Crippen LogP contribution in [0.25, 0.3) is 11.3 Å². The normalized spacial score (nSPS) is 10.6. The van der Waals surface area contributed by atoms with Crippen LogP contribution in [0.4, 0.5) is 5.13 Å². The third-order valence-electron chi connectivity index (χ3n) is 5.25. The molecule has 4 aromatic rings. The van der Waals surface area contributed by atoms with Crippen LogP contribution in [0.2, 0.25) is 0 Å². The highest BCUT2D eigenvalue weighted by molar-refractivity contribution is 7.14. The molecule has 0 aliphatic heterocycles. The minimum atomic E-state index is -0.0917. The number of hydrogen-bond donors (Lipinski definition) is 1. The molecule has 0 radical (unpaired) electrons. The van der Waals surface area contributed by atoms with Gasteiger partial charge in [0.05, 0.1) is 5.69 Å². The van der Waals surface area contributed by atoms with Gasteiger partial charge in [0.2, 0.25) is 5.91 Å². The van der Waals surface area contributed by atoms with Gasteiger partial charge in [-0.2, -0.15) is 0 Å². The third kappa shape index (κ3) is 5.93. The summed E-state index contributed by atoms with van der Waals surface area (Å²) in [7, 11) is 0. The highest BCUT2D eigenvalue weighted by atomic mass is 32.1. The van der Waals surface area contributed by atoms with Crippen molar-refractivity contribution in [3.05, 3.63) is 107 Å². The van der Waals surface area contributed by atoms with Gasteiger partial charge in [-0.1, -0.05) is 72.8 Å². The zero-order valence-corrected chi connectivity index (χ0v) is 19.2. The number of amides is 2. The van der Waals surface area contributed by atoms with Crippen molar-refractivity contribution >= 4 is 28.3 Å². The number of nitrogens with zero attached hydrogens (tertiary/aromatic N) is 2. The van der Waals surface area contributed by atoms with E-state index in [0.717, 1.165) is 23.2 Å². The van der Waals surface area contributed by atoms with Gasteiger partial charge >= 0.3 is 0 Å². The number of thiazole rings is 1. The van der Waals surface area contributed by atoms with Gasteiger partial charge in [-0.25, -0.2) is 4.98 Å². The van der Waals surface area contributed by atoms with Crippen molar-refractivity contribution in [2.75, 3.05) is 11.4 Å². The van der Waals surface area contributed by atoms with Gasteiger partial charge in [-0.3, -0.25) is 14.5 Å². The minimum absolute atomic E-state index is 0.0831. The molecule has 6 heteroatoms. The summed E-state index contributed by atoms with van der Waals surface area (Å²) >= 11 is 1.47. The van der Waals surface area contributed by atoms with Crippen LogP contribution in [0.3, 0.4) is 0 Å². The van der Waals surface area contributed by atoms with E-state index in [1.807, 2.05) is 66.0 Å². The summed E-state index contributed by atoms with van der Waals surface area (Å²) in [6.07, 6.45) is 0.730. The molecule has 0 aliphatic rings. The summed E-state index contributed by atoms with van der Waals surface area (Å²) in [6, 6.07) is 27.5. The van der Waals surface area contributed by atoms with Crippen LogP contribution < -0.4 is 10.2 Å². The zero-order valence-electron chi connectivity index (χ0n) is 18.4. The van der Waals surface area contributed by atoms with E-state index in [1.54, 1.807) is 17.0 Å². The van der Waals surface area contributed by atoms with Crippen LogP contribution in [0.5, 0.6) is 0 Å². The maximum atomic E-state index is 13.5. The molecule has 166 valence electrons. The van der Waals surface area contributed by atoms with Crippen molar-refractivity contribution in [2.45, 2.75) is 19.9 Å². The summed E-state index contributed by atoms with van der Waals surface area (Å²) in [5.41, 5.74) is 4.58. The fourth-order valence-electron chi connectivity index (χ4n) is 3.45. The van der Waals surface area contributed by atoms with Crippen molar-refractivity contribution in [3.8, 4) is 11.3 Å². The number of anilines is 1. The van der Waals surface area contributed by atoms with Gasteiger partial charge in [0.25, 0.3) is 5.91 Å². The topological polar surface area (TPSA) is 62.3 Å². The third-order valence-corrected chi connectivity index (χ3v) is 6.11. The standard InChI is InChI=1S/C27H25N3O2S/c1-20(31)28-18-22-12-14-24(15-13-22)26(32)30(17-16-21-8-4-2-5-9-21)27-29-25(19-33-27)23-10-6-3-7-11-23/h2-15,19H,16-18H2,1H3,(H,28,31). The maximum Gasteiger partial charge on any atom is 0.260 e. The van der Waals surface area contributed by atoms with Crippen LogP contribution in [-0.4, -0.2) is 23.3 Å². The lowest BCUT2D eigenvalue weighted by Gasteiger charge is -2.20. The van der Waals surface area contributed by atoms with Crippen molar-refractivity contribution in [1.82, 2.24) is 10.3 Å². The van der Waals surface area contributed by atoms with Gasteiger partial charge in [0, 0.05) is 36.5 Å². The second-order valence-electron chi connectivity index (χ2n) is 7.68. The summed E-state index contributed by atoms with van der Waals surface area (Å²) in [6.45, 7) is 2.45. The number of carbonyl (C=O) groups excluding carboxylic acids is 2. The Hall–Kier alpha value is -3.77. The fourth-order valence-corrected chi connectivity index (χ4v) is 4.31. The first kappa shape index (κ1) is 22.4. The molecule has 1 N–H and O–H groups in total. The largest absolute Gasteiger partial charge is 0.352 e. The summed E-state index contributed by atoms with van der Waals surface area (Å²) in [5.74, 6) is -0.175. The monoisotopic (exact) mass is 455 g/mol. The minimum Gasteiger partial charge on any atom is -0.352 e. The second kappa shape index (κ2) is 10.7. The molecule has 5 nitrogen and oxygen atoms in total. The first-order valence-electron chi connectivity index (χ1n) is 10.8. The lowest BCUT2D eigenvalue weighted by molar-refractivity contribution is -0.119. The Morgan fingerprint density at radius 1 is 0.879 bits per heavy atom. The Labute approximate surface area is 197 Å². The summed E-state index contributed by atoms with van der Waals surface area (Å²) < 4.78 is 0. The van der Waals surface area contributed by atoms with Crippen LogP contribution in [0, 0.1) is 0 Å². The lowest BCUT2D eigenvalue weighted by Crippen LogP contribution is -2.33. The molecule has 0 fully saturated rings. The summed E-state index contributed by atoms with van der Waals surface area (Å²) in [5, 5.41) is 5.44. The Balaban J connectivity index is 1.57. The number of carbonyl (C=O) groups is 2. The van der Waals surface area contributed by atoms with Crippen LogP contribution in [0.1, 0.15) is 28.4 Å². The number of benzene rings is 3. The molecule has 0 atom stereocenters. The number of rotatable bonds is 8. The van der Waals surface area contributed by atoms with Crippen molar-refractivity contribution < 1.29 is 9.59 Å². The SMILES string of the molecule is CC(=O)NCc1ccc(C(=O)N(CCc2ccccc2)c2nc(-c3ccccc3)cs2)cc1. The first-order chi connectivity index (χ1) is 16.1. The van der Waals surface area contributed by atoms with E-state index in [0.29, 0.717) is 23.8 Å². The molecule has 0 bridgehead atoms. The Morgan fingerprint density at radius 2 is 1.55 bits per heavy atom. The molecule has 0 unspecified atom stereocenters. The Bertz CT molecular complexity index is 1210. The van der Waals surface area contributed by atoms with Crippen LogP contribution in [-0.2, 0) is 17.8 Å². The number of nitrogens with one attached hydrogen (secondary N) is 1. The van der Waals surface area contributed by atoms with Crippen molar-refractivity contribution in [2.24, 2.45) is 0 Å². The molecule has 0 spiro atoms. The van der Waals surface area contributed by atoms with E-state index in [2.05, 4.69) is 17.4 Å². The molecule has 0 saturated heterocycles. The number of aromatic nitrogens is 1. The molecule has 4 rings (SSSR count). The molecule has 1 heterocycles. The molecule has 0 saturated carbocycles. The second-order valence-corrected chi connectivity index (χ2v) is 8.52. The predicted molar refractivity (Wildman–Crippen MR) is 133 cm³/mol. The molecule has 0 aliphatic carbocycles. The molecule has 3 aromatic carbocycles. The molecule has 1 aromatic heterocycles. The average Bonchev–Trinajstić information content (AvgIpc) is 3.34. The van der Waals surface area contributed by atoms with Crippen LogP contribution >= 0.6 is 11.3 Å². The highest BCUT2D eigenvalue weighted by Gasteiger charge is 2.21. The predicted octanol–water partition coefficient (Wildman–Crippen LogP) is 5.34. The molecule has 2 amide bonds. The molecular formula is C27H25N3O2S. The first-order valence-corrected chi connectivity index (χ1v) is 11.7. The molecular weight excluding hydrogens is 430 g/mol. The maximum absolute atomic E-state index is 13.5. The van der Waals surface area contributed by atoms with Crippen molar-refractivity contribution in [1.29, 1.82) is 0 Å². The van der Waals surface area contributed by atoms with Gasteiger partial charge in [-0.05, 0) is 29.7 Å². The summed E-state index contributed by atoms with van der Waals surface area (Å²) in [4.78, 5) is 31.2. The van der Waals surface area contributed by atoms with E-state index in [4.69, 9.17) is 4.98 Å². The Morgan fingerprint density at radius 3 is 2.21 bits per heavy atom. The lowest BCUT2D eigenvalue weighted by atomic mass is 10.1. The van der Waals surface area contributed by atoms with Crippen LogP contribution in [0.15, 0.2) is 90.3 Å². The van der Waals surface area contributed by atoms with E-state index < -0.39 is 0 Å². The van der Waals surface area contributed by atoms with E-state index in [9.17, 15) is 9.59 Å². The quantitative estimate of drug-likeness (QED) is 0.390. The molecule has 33 heavy (non-hydrogen) atoms. The Kier molecular flexibility index (Phi) is 7.27. The average molecular weight is 456 g/mol. The van der Waals surface area contributed by atoms with E-state index in [-0.39, 0.29) is 11.8 Å². The zero-order chi connectivity index (χ0) is 23.0. The van der Waals surface area contributed by atoms with E-state index >= 15 is 0 Å². The van der Waals surface area contributed by atoms with Gasteiger partial charge in [-0.15, -0.1) is 11.3 Å². The highest BCUT2D eigenvalue weighted by Crippen LogP contribution is 2.28. The van der Waals surface area contributed by atoms with Crippen molar-refractivity contribution in [3.63, 3.8) is 0 Å². The van der Waals surface area contributed by atoms with Gasteiger partial charge < -0.3 is 5.32 Å².